The van der Waals surface area contributed by atoms with Gasteiger partial charge in [-0.3, -0.25) is 20.4 Å². The minimum atomic E-state index is -3.88. The van der Waals surface area contributed by atoms with E-state index in [4.69, 9.17) is 15.3 Å². The second-order valence-corrected chi connectivity index (χ2v) is 11.3. The van der Waals surface area contributed by atoms with Gasteiger partial charge in [-0.15, -0.1) is 0 Å². The number of nitrogens with one attached hydrogen (secondary N) is 2. The summed E-state index contributed by atoms with van der Waals surface area (Å²) >= 11 is 0. The van der Waals surface area contributed by atoms with Gasteiger partial charge in [0.05, 0.1) is 11.3 Å². The maximum Gasteiger partial charge on any atom is 0.414 e. The van der Waals surface area contributed by atoms with Crippen LogP contribution in [0.5, 0.6) is 0 Å². The second kappa shape index (κ2) is 14.7. The van der Waals surface area contributed by atoms with Crippen LogP contribution in [0.3, 0.4) is 0 Å². The van der Waals surface area contributed by atoms with E-state index in [1.807, 2.05) is 31.7 Å². The molecule has 2 amide bonds. The summed E-state index contributed by atoms with van der Waals surface area (Å²) in [6.07, 6.45) is -0.954. The first-order valence-corrected chi connectivity index (χ1v) is 15.4. The number of nitrogens with two attached hydrogens (primary N) is 1. The Morgan fingerprint density at radius 3 is 2.21 bits per heavy atom. The molecular weight excluding hydrogens is 554 g/mol. The van der Waals surface area contributed by atoms with Crippen LogP contribution in [0.4, 0.5) is 4.79 Å². The zero-order chi connectivity index (χ0) is 30.9. The number of amides is 2. The van der Waals surface area contributed by atoms with Crippen molar-refractivity contribution < 1.29 is 22.7 Å². The Bertz CT molecular complexity index is 1500. The number of hydrogen-bond acceptors (Lipinski definition) is 7. The predicted octanol–water partition coefficient (Wildman–Crippen LogP) is 4.33. The first-order chi connectivity index (χ1) is 20.0. The van der Waals surface area contributed by atoms with Gasteiger partial charge < -0.3 is 9.64 Å². The second-order valence-electron chi connectivity index (χ2n) is 9.75. The van der Waals surface area contributed by atoms with Gasteiger partial charge in [0.25, 0.3) is 0 Å². The minimum absolute atomic E-state index is 0.0441. The van der Waals surface area contributed by atoms with E-state index in [1.165, 1.54) is 6.07 Å². The van der Waals surface area contributed by atoms with Gasteiger partial charge in [-0.25, -0.2) is 18.4 Å². The molecule has 224 valence electrons. The number of benzene rings is 3. The summed E-state index contributed by atoms with van der Waals surface area (Å²) < 4.78 is 29.3. The Labute approximate surface area is 248 Å². The van der Waals surface area contributed by atoms with E-state index < -0.39 is 22.3 Å². The number of carbonyl (C=O) groups excluding carboxylic acids is 2. The van der Waals surface area contributed by atoms with Crippen molar-refractivity contribution >= 4 is 27.9 Å². The molecule has 0 fully saturated rings. The Balaban J connectivity index is 1.64. The number of nitrogens with zero attached hydrogens (tertiary/aromatic N) is 2. The molecule has 10 nitrogen and oxygen atoms in total. The van der Waals surface area contributed by atoms with Crippen LogP contribution in [0.15, 0.2) is 77.7 Å². The summed E-state index contributed by atoms with van der Waals surface area (Å²) in [5, 5.41) is 16.2. The molecule has 0 aliphatic carbocycles. The number of hydrogen-bond donors (Lipinski definition) is 3. The molecule has 0 spiro atoms. The Morgan fingerprint density at radius 2 is 1.60 bits per heavy atom. The lowest BCUT2D eigenvalue weighted by atomic mass is 10.0. The van der Waals surface area contributed by atoms with Crippen molar-refractivity contribution in [2.24, 2.45) is 5.14 Å². The lowest BCUT2D eigenvalue weighted by molar-refractivity contribution is -0.130. The van der Waals surface area contributed by atoms with Gasteiger partial charge in [-0.05, 0) is 55.8 Å². The molecule has 0 radical (unpaired) electrons. The van der Waals surface area contributed by atoms with E-state index in [0.717, 1.165) is 24.2 Å². The van der Waals surface area contributed by atoms with E-state index in [-0.39, 0.29) is 23.1 Å². The molecule has 0 aromatic heterocycles. The maximum atomic E-state index is 13.2. The molecule has 0 saturated heterocycles. The van der Waals surface area contributed by atoms with E-state index >= 15 is 0 Å². The van der Waals surface area contributed by atoms with Crippen LogP contribution in [0.1, 0.15) is 44.4 Å². The highest BCUT2D eigenvalue weighted by Gasteiger charge is 2.18. The van der Waals surface area contributed by atoms with Crippen LogP contribution in [0.25, 0.3) is 11.1 Å². The van der Waals surface area contributed by atoms with E-state index in [9.17, 15) is 18.0 Å². The maximum absolute atomic E-state index is 13.2. The molecule has 0 aliphatic rings. The normalized spacial score (nSPS) is 12.0. The number of alkyl carbamates (subject to hydrolysis) is 1. The topological polar surface area (TPSA) is 146 Å². The van der Waals surface area contributed by atoms with Crippen LogP contribution in [0, 0.1) is 5.41 Å². The zero-order valence-corrected chi connectivity index (χ0v) is 25.3. The third kappa shape index (κ3) is 8.72. The molecule has 1 atom stereocenters. The fourth-order valence-corrected chi connectivity index (χ4v) is 5.40. The monoisotopic (exact) mass is 593 g/mol. The van der Waals surface area contributed by atoms with Gasteiger partial charge in [0.15, 0.2) is 6.23 Å². The molecule has 1 unspecified atom stereocenters. The summed E-state index contributed by atoms with van der Waals surface area (Å²) in [5.74, 6) is -0.171. The molecule has 3 aromatic carbocycles. The van der Waals surface area contributed by atoms with Gasteiger partial charge in [-0.1, -0.05) is 74.5 Å². The van der Waals surface area contributed by atoms with Crippen molar-refractivity contribution in [3.63, 3.8) is 0 Å². The number of rotatable bonds is 12. The SMILES string of the molecule is CCN(Cc1cccc(C(=N)NC(=O)OC(C)N(CC)CC)c1)C(=O)Cc1ccc(-c2ccccc2S(N)(=O)=O)cc1. The van der Waals surface area contributed by atoms with Gasteiger partial charge in [0, 0.05) is 24.2 Å². The quantitative estimate of drug-likeness (QED) is 0.162. The highest BCUT2D eigenvalue weighted by molar-refractivity contribution is 7.89. The number of ether oxygens (including phenoxy) is 1. The van der Waals surface area contributed by atoms with Crippen LogP contribution in [0.2, 0.25) is 0 Å². The Hall–Kier alpha value is -4.06. The first-order valence-electron chi connectivity index (χ1n) is 13.8. The van der Waals surface area contributed by atoms with Crippen LogP contribution in [-0.2, 0) is 32.5 Å². The van der Waals surface area contributed by atoms with Crippen molar-refractivity contribution in [2.45, 2.75) is 51.8 Å². The summed E-state index contributed by atoms with van der Waals surface area (Å²) in [6.45, 7) is 9.93. The molecule has 0 bridgehead atoms. The van der Waals surface area contributed by atoms with Crippen LogP contribution >= 0.6 is 0 Å². The standard InChI is InChI=1S/C31H39N5O5S/c1-5-35(6-2)22(4)41-31(38)34-30(32)26-12-10-11-24(19-26)21-36(7-3)29(37)20-23-15-17-25(18-16-23)27-13-8-9-14-28(27)42(33,39)40/h8-19,22H,5-7,20-21H2,1-4H3,(H2,32,34,38)(H2,33,39,40). The van der Waals surface area contributed by atoms with Crippen molar-refractivity contribution in [2.75, 3.05) is 19.6 Å². The van der Waals surface area contributed by atoms with Gasteiger partial charge in [-0.2, -0.15) is 0 Å². The molecule has 0 saturated carbocycles. The van der Waals surface area contributed by atoms with E-state index in [1.54, 1.807) is 72.5 Å². The summed E-state index contributed by atoms with van der Waals surface area (Å²) in [6, 6.07) is 20.8. The lowest BCUT2D eigenvalue weighted by Gasteiger charge is -2.25. The fraction of sp³-hybridized carbons (Fsp3) is 0.323. The molecule has 4 N–H and O–H groups in total. The third-order valence-electron chi connectivity index (χ3n) is 6.97. The number of sulfonamides is 1. The number of primary sulfonamides is 1. The smallest absolute Gasteiger partial charge is 0.414 e. The fourth-order valence-electron chi connectivity index (χ4n) is 4.63. The molecule has 11 heteroatoms. The molecule has 3 rings (SSSR count). The van der Waals surface area contributed by atoms with Crippen molar-refractivity contribution in [3.8, 4) is 11.1 Å². The van der Waals surface area contributed by atoms with Gasteiger partial charge in [0.2, 0.25) is 15.9 Å². The van der Waals surface area contributed by atoms with Crippen LogP contribution in [-0.4, -0.2) is 61.9 Å². The Morgan fingerprint density at radius 1 is 0.929 bits per heavy atom. The predicted molar refractivity (Wildman–Crippen MR) is 163 cm³/mol. The minimum Gasteiger partial charge on any atom is -0.430 e. The zero-order valence-electron chi connectivity index (χ0n) is 24.5. The lowest BCUT2D eigenvalue weighted by Crippen LogP contribution is -2.40. The molecule has 0 aliphatic heterocycles. The average molecular weight is 594 g/mol. The number of amidine groups is 1. The molecular formula is C31H39N5O5S. The summed E-state index contributed by atoms with van der Waals surface area (Å²) in [5.41, 5.74) is 3.28. The van der Waals surface area contributed by atoms with E-state index in [0.29, 0.717) is 29.8 Å². The third-order valence-corrected chi connectivity index (χ3v) is 7.94. The van der Waals surface area contributed by atoms with E-state index in [2.05, 4.69) is 5.32 Å². The number of likely N-dealkylation sites (N-methyl/N-ethyl adjacent to an activating group) is 1. The van der Waals surface area contributed by atoms with Crippen molar-refractivity contribution in [1.29, 1.82) is 5.41 Å². The number of carbonyl (C=O) groups is 2. The Kier molecular flexibility index (Phi) is 11.4. The molecule has 42 heavy (non-hydrogen) atoms. The summed E-state index contributed by atoms with van der Waals surface area (Å²) in [7, 11) is -3.88. The largest absolute Gasteiger partial charge is 0.430 e. The average Bonchev–Trinajstić information content (AvgIpc) is 2.96. The summed E-state index contributed by atoms with van der Waals surface area (Å²) in [4.78, 5) is 29.2. The first kappa shape index (κ1) is 32.5. The van der Waals surface area contributed by atoms with Crippen molar-refractivity contribution in [3.05, 3.63) is 89.5 Å². The highest BCUT2D eigenvalue weighted by Crippen LogP contribution is 2.27. The molecule has 0 heterocycles. The molecule has 3 aromatic rings. The van der Waals surface area contributed by atoms with Crippen molar-refractivity contribution in [1.82, 2.24) is 15.1 Å². The van der Waals surface area contributed by atoms with Gasteiger partial charge in [0.1, 0.15) is 5.84 Å². The van der Waals surface area contributed by atoms with Crippen LogP contribution < -0.4 is 10.5 Å². The van der Waals surface area contributed by atoms with Gasteiger partial charge >= 0.3 is 6.09 Å². The highest BCUT2D eigenvalue weighted by atomic mass is 32.2.